The van der Waals surface area contributed by atoms with Crippen molar-refractivity contribution in [2.45, 2.75) is 26.3 Å². The molecular weight excluding hydrogens is 240 g/mol. The van der Waals surface area contributed by atoms with E-state index in [1.54, 1.807) is 0 Å². The van der Waals surface area contributed by atoms with Crippen molar-refractivity contribution < 1.29 is 0 Å². The van der Waals surface area contributed by atoms with Crippen LogP contribution in [0.1, 0.15) is 29.2 Å². The summed E-state index contributed by atoms with van der Waals surface area (Å²) in [5, 5.41) is 0. The molecule has 2 N–H and O–H groups in total. The first kappa shape index (κ1) is 13.9. The van der Waals surface area contributed by atoms with E-state index in [4.69, 9.17) is 5.73 Å². The summed E-state index contributed by atoms with van der Waals surface area (Å²) in [4.78, 5) is 2.56. The Kier molecular flexibility index (Phi) is 5.10. The number of hydrogen-bond donors (Lipinski definition) is 1. The maximum atomic E-state index is 6.04. The van der Waals surface area contributed by atoms with Crippen molar-refractivity contribution in [3.05, 3.63) is 34.9 Å². The highest BCUT2D eigenvalue weighted by Crippen LogP contribution is 2.24. The predicted octanol–water partition coefficient (Wildman–Crippen LogP) is 2.74. The average molecular weight is 264 g/mol. The summed E-state index contributed by atoms with van der Waals surface area (Å²) in [6.45, 7) is 7.40. The van der Waals surface area contributed by atoms with Gasteiger partial charge in [-0.05, 0) is 38.1 Å². The normalized spacial score (nSPS) is 19.5. The van der Waals surface area contributed by atoms with Crippen LogP contribution in [0.3, 0.4) is 0 Å². The summed E-state index contributed by atoms with van der Waals surface area (Å²) in [5.74, 6) is 2.53. The maximum Gasteiger partial charge on any atom is 0.0470 e. The lowest BCUT2D eigenvalue weighted by Crippen LogP contribution is -2.35. The van der Waals surface area contributed by atoms with Crippen LogP contribution in [0.4, 0.5) is 0 Å². The average Bonchev–Trinajstić information content (AvgIpc) is 2.58. The lowest BCUT2D eigenvalue weighted by molar-refractivity contribution is 0.218. The molecule has 1 heterocycles. The third-order valence-corrected chi connectivity index (χ3v) is 4.60. The minimum Gasteiger partial charge on any atom is -0.329 e. The molecule has 1 atom stereocenters. The molecule has 0 spiro atoms. The quantitative estimate of drug-likeness (QED) is 0.910. The molecule has 0 radical (unpaired) electrons. The van der Waals surface area contributed by atoms with Crippen molar-refractivity contribution >= 4 is 11.8 Å². The number of rotatable bonds is 3. The Labute approximate surface area is 115 Å². The zero-order chi connectivity index (χ0) is 13.0. The van der Waals surface area contributed by atoms with Crippen molar-refractivity contribution in [1.82, 2.24) is 4.90 Å². The van der Waals surface area contributed by atoms with E-state index in [-0.39, 0.29) is 0 Å². The van der Waals surface area contributed by atoms with Gasteiger partial charge in [-0.15, -0.1) is 0 Å². The second-order valence-corrected chi connectivity index (χ2v) is 6.40. The molecule has 0 bridgehead atoms. The van der Waals surface area contributed by atoms with Crippen molar-refractivity contribution in [2.24, 2.45) is 5.73 Å². The van der Waals surface area contributed by atoms with Gasteiger partial charge in [0.15, 0.2) is 0 Å². The number of aryl methyl sites for hydroxylation is 2. The van der Waals surface area contributed by atoms with Crippen molar-refractivity contribution in [3.63, 3.8) is 0 Å². The van der Waals surface area contributed by atoms with E-state index < -0.39 is 0 Å². The Morgan fingerprint density at radius 3 is 2.56 bits per heavy atom. The highest BCUT2D eigenvalue weighted by molar-refractivity contribution is 7.99. The highest BCUT2D eigenvalue weighted by atomic mass is 32.2. The van der Waals surface area contributed by atoms with Gasteiger partial charge in [0.1, 0.15) is 0 Å². The lowest BCUT2D eigenvalue weighted by atomic mass is 10.00. The van der Waals surface area contributed by atoms with Gasteiger partial charge in [0.25, 0.3) is 0 Å². The molecule has 0 aliphatic carbocycles. The Morgan fingerprint density at radius 2 is 1.89 bits per heavy atom. The van der Waals surface area contributed by atoms with E-state index in [2.05, 4.69) is 48.7 Å². The van der Waals surface area contributed by atoms with Gasteiger partial charge in [-0.2, -0.15) is 11.8 Å². The van der Waals surface area contributed by atoms with Crippen LogP contribution in [0, 0.1) is 13.8 Å². The van der Waals surface area contributed by atoms with Crippen LogP contribution in [-0.4, -0.2) is 36.0 Å². The van der Waals surface area contributed by atoms with Gasteiger partial charge in [-0.3, -0.25) is 4.90 Å². The van der Waals surface area contributed by atoms with Gasteiger partial charge >= 0.3 is 0 Å². The highest BCUT2D eigenvalue weighted by Gasteiger charge is 2.20. The third-order valence-electron chi connectivity index (χ3n) is 3.55. The van der Waals surface area contributed by atoms with Crippen LogP contribution in [0.25, 0.3) is 0 Å². The number of benzene rings is 1. The number of hydrogen-bond acceptors (Lipinski definition) is 3. The predicted molar refractivity (Wildman–Crippen MR) is 81.2 cm³/mol. The maximum absolute atomic E-state index is 6.04. The van der Waals surface area contributed by atoms with Crippen LogP contribution < -0.4 is 5.73 Å². The zero-order valence-corrected chi connectivity index (χ0v) is 12.3. The molecule has 18 heavy (non-hydrogen) atoms. The summed E-state index contributed by atoms with van der Waals surface area (Å²) in [6.07, 6.45) is 1.28. The van der Waals surface area contributed by atoms with Crippen LogP contribution in [0.2, 0.25) is 0 Å². The molecule has 1 fully saturated rings. The fourth-order valence-electron chi connectivity index (χ4n) is 2.78. The molecule has 1 unspecified atom stereocenters. The van der Waals surface area contributed by atoms with Crippen LogP contribution in [-0.2, 0) is 0 Å². The van der Waals surface area contributed by atoms with Gasteiger partial charge in [0, 0.05) is 24.9 Å². The first-order valence-corrected chi connectivity index (χ1v) is 7.96. The molecule has 1 saturated heterocycles. The third kappa shape index (κ3) is 3.50. The molecule has 0 saturated carbocycles. The summed E-state index contributed by atoms with van der Waals surface area (Å²) >= 11 is 2.07. The summed E-state index contributed by atoms with van der Waals surface area (Å²) in [7, 11) is 0. The van der Waals surface area contributed by atoms with E-state index >= 15 is 0 Å². The molecule has 100 valence electrons. The summed E-state index contributed by atoms with van der Waals surface area (Å²) in [5.41, 5.74) is 10.1. The molecule has 2 nitrogen and oxygen atoms in total. The monoisotopic (exact) mass is 264 g/mol. The second kappa shape index (κ2) is 6.60. The van der Waals surface area contributed by atoms with Crippen LogP contribution in [0.15, 0.2) is 18.2 Å². The number of nitrogens with zero attached hydrogens (tertiary/aromatic N) is 1. The standard InChI is InChI=1S/C15H24N2S/c1-12-8-13(2)10-14(9-12)15(11-16)17-4-3-6-18-7-5-17/h8-10,15H,3-7,11,16H2,1-2H3. The fourth-order valence-corrected chi connectivity index (χ4v) is 3.68. The smallest absolute Gasteiger partial charge is 0.0470 e. The first-order valence-electron chi connectivity index (χ1n) is 6.81. The number of thioether (sulfide) groups is 1. The summed E-state index contributed by atoms with van der Waals surface area (Å²) in [6, 6.07) is 7.21. The Balaban J connectivity index is 2.20. The first-order chi connectivity index (χ1) is 8.70. The van der Waals surface area contributed by atoms with Crippen molar-refractivity contribution in [1.29, 1.82) is 0 Å². The fraction of sp³-hybridized carbons (Fsp3) is 0.600. The second-order valence-electron chi connectivity index (χ2n) is 5.17. The molecule has 1 aromatic rings. The minimum atomic E-state index is 0.391. The molecule has 3 heteroatoms. The lowest BCUT2D eigenvalue weighted by Gasteiger charge is -2.30. The van der Waals surface area contributed by atoms with Gasteiger partial charge in [0.05, 0.1) is 0 Å². The topological polar surface area (TPSA) is 29.3 Å². The van der Waals surface area contributed by atoms with E-state index in [0.29, 0.717) is 12.6 Å². The molecule has 1 aliphatic heterocycles. The Bertz CT molecular complexity index is 364. The molecule has 2 rings (SSSR count). The molecule has 1 aliphatic rings. The van der Waals surface area contributed by atoms with Crippen LogP contribution >= 0.6 is 11.8 Å². The Morgan fingerprint density at radius 1 is 1.17 bits per heavy atom. The molecule has 0 amide bonds. The number of nitrogens with two attached hydrogens (primary N) is 1. The van der Waals surface area contributed by atoms with E-state index in [1.807, 2.05) is 0 Å². The largest absolute Gasteiger partial charge is 0.329 e. The minimum absolute atomic E-state index is 0.391. The van der Waals surface area contributed by atoms with E-state index in [1.165, 1.54) is 47.7 Å². The Hall–Kier alpha value is -0.510. The van der Waals surface area contributed by atoms with E-state index in [9.17, 15) is 0 Å². The molecule has 0 aromatic heterocycles. The molecule has 1 aromatic carbocycles. The zero-order valence-electron chi connectivity index (χ0n) is 11.5. The van der Waals surface area contributed by atoms with Gasteiger partial charge in [-0.1, -0.05) is 29.3 Å². The van der Waals surface area contributed by atoms with Gasteiger partial charge < -0.3 is 5.73 Å². The van der Waals surface area contributed by atoms with Gasteiger partial charge in [-0.25, -0.2) is 0 Å². The van der Waals surface area contributed by atoms with Crippen molar-refractivity contribution in [3.8, 4) is 0 Å². The SMILES string of the molecule is Cc1cc(C)cc(C(CN)N2CCCSCC2)c1. The van der Waals surface area contributed by atoms with Crippen LogP contribution in [0.5, 0.6) is 0 Å². The van der Waals surface area contributed by atoms with E-state index in [0.717, 1.165) is 0 Å². The molecular formula is C15H24N2S. The van der Waals surface area contributed by atoms with Gasteiger partial charge in [0.2, 0.25) is 0 Å². The van der Waals surface area contributed by atoms with Crippen molar-refractivity contribution in [2.75, 3.05) is 31.1 Å². The summed E-state index contributed by atoms with van der Waals surface area (Å²) < 4.78 is 0.